The van der Waals surface area contributed by atoms with Crippen LogP contribution in [0.5, 0.6) is 0 Å². The van der Waals surface area contributed by atoms with Crippen LogP contribution in [0.15, 0.2) is 36.5 Å². The molecule has 1 unspecified atom stereocenters. The molecule has 0 saturated carbocycles. The van der Waals surface area contributed by atoms with Crippen LogP contribution in [0.2, 0.25) is 0 Å². The first kappa shape index (κ1) is 11.3. The summed E-state index contributed by atoms with van der Waals surface area (Å²) in [6.07, 6.45) is 13.7. The van der Waals surface area contributed by atoms with Crippen LogP contribution < -0.4 is 5.32 Å². The van der Waals surface area contributed by atoms with Crippen LogP contribution >= 0.6 is 0 Å². The van der Waals surface area contributed by atoms with Crippen molar-refractivity contribution in [2.75, 3.05) is 13.6 Å². The molecule has 0 amide bonds. The van der Waals surface area contributed by atoms with Gasteiger partial charge in [-0.1, -0.05) is 36.3 Å². The van der Waals surface area contributed by atoms with Crippen LogP contribution in [-0.4, -0.2) is 13.6 Å². The molecule has 0 fully saturated rings. The quantitative estimate of drug-likeness (QED) is 0.482. The van der Waals surface area contributed by atoms with E-state index < -0.39 is 0 Å². The van der Waals surface area contributed by atoms with E-state index in [0.29, 0.717) is 5.92 Å². The number of hydrogen-bond donors (Lipinski definition) is 1. The Morgan fingerprint density at radius 3 is 3.07 bits per heavy atom. The van der Waals surface area contributed by atoms with Crippen molar-refractivity contribution in [2.45, 2.75) is 25.7 Å². The smallest absolute Gasteiger partial charge is 0.00139 e. The summed E-state index contributed by atoms with van der Waals surface area (Å²) < 4.78 is 0. The fraction of sp³-hybridized carbons (Fsp3) is 0.538. The fourth-order valence-corrected chi connectivity index (χ4v) is 1.89. The van der Waals surface area contributed by atoms with Crippen molar-refractivity contribution in [1.29, 1.82) is 0 Å². The van der Waals surface area contributed by atoms with Crippen molar-refractivity contribution in [3.8, 4) is 0 Å². The Morgan fingerprint density at radius 1 is 1.50 bits per heavy atom. The number of hydrogen-bond acceptors (Lipinski definition) is 1. The van der Waals surface area contributed by atoms with Gasteiger partial charge in [0, 0.05) is 0 Å². The Bertz CT molecular complexity index is 225. The zero-order valence-electron chi connectivity index (χ0n) is 9.13. The Morgan fingerprint density at radius 2 is 2.36 bits per heavy atom. The third-order valence-corrected chi connectivity index (χ3v) is 2.70. The maximum absolute atomic E-state index is 3.79. The molecule has 1 rings (SSSR count). The van der Waals surface area contributed by atoms with Crippen molar-refractivity contribution in [3.05, 3.63) is 36.5 Å². The molecule has 0 aromatic rings. The molecule has 0 saturated heterocycles. The molecular formula is C13H21N. The maximum atomic E-state index is 3.79. The molecule has 0 bridgehead atoms. The number of unbranched alkanes of at least 4 members (excludes halogenated alkanes) is 1. The average molecular weight is 191 g/mol. The molecule has 0 aromatic carbocycles. The maximum Gasteiger partial charge on any atom is -0.00139 e. The highest BCUT2D eigenvalue weighted by atomic mass is 14.8. The van der Waals surface area contributed by atoms with Crippen LogP contribution in [0.3, 0.4) is 0 Å². The van der Waals surface area contributed by atoms with Gasteiger partial charge in [-0.15, -0.1) is 6.58 Å². The molecule has 0 heterocycles. The standard InChI is InChI=1S/C13H21N/c1-3-7-12-9-6-10-13(12)8-4-5-11-14-2/h3,6,9-10,13-14H,1,4-5,7-8,11H2,2H3. The zero-order valence-corrected chi connectivity index (χ0v) is 9.13. The Balaban J connectivity index is 2.20. The largest absolute Gasteiger partial charge is 0.320 e. The van der Waals surface area contributed by atoms with Crippen LogP contribution in [-0.2, 0) is 0 Å². The Hall–Kier alpha value is -0.820. The highest BCUT2D eigenvalue weighted by Gasteiger charge is 2.12. The van der Waals surface area contributed by atoms with E-state index in [2.05, 4.69) is 30.1 Å². The van der Waals surface area contributed by atoms with E-state index in [-0.39, 0.29) is 0 Å². The van der Waals surface area contributed by atoms with E-state index in [1.165, 1.54) is 24.8 Å². The van der Waals surface area contributed by atoms with E-state index >= 15 is 0 Å². The highest BCUT2D eigenvalue weighted by Crippen LogP contribution is 2.27. The van der Waals surface area contributed by atoms with E-state index in [1.54, 1.807) is 0 Å². The monoisotopic (exact) mass is 191 g/mol. The molecule has 0 radical (unpaired) electrons. The second-order valence-electron chi connectivity index (χ2n) is 3.83. The first-order valence-electron chi connectivity index (χ1n) is 5.51. The van der Waals surface area contributed by atoms with Gasteiger partial charge in [-0.05, 0) is 38.8 Å². The summed E-state index contributed by atoms with van der Waals surface area (Å²) in [5.74, 6) is 0.685. The van der Waals surface area contributed by atoms with E-state index in [9.17, 15) is 0 Å². The predicted octanol–water partition coefficient (Wildman–Crippen LogP) is 3.06. The first-order chi connectivity index (χ1) is 6.88. The molecule has 1 heteroatoms. The van der Waals surface area contributed by atoms with Crippen molar-refractivity contribution >= 4 is 0 Å². The van der Waals surface area contributed by atoms with Crippen LogP contribution in [0.4, 0.5) is 0 Å². The minimum Gasteiger partial charge on any atom is -0.320 e. The minimum atomic E-state index is 0.685. The first-order valence-corrected chi connectivity index (χ1v) is 5.51. The van der Waals surface area contributed by atoms with Gasteiger partial charge in [0.25, 0.3) is 0 Å². The molecule has 1 nitrogen and oxygen atoms in total. The second-order valence-corrected chi connectivity index (χ2v) is 3.83. The van der Waals surface area contributed by atoms with Gasteiger partial charge in [0.2, 0.25) is 0 Å². The molecule has 1 aliphatic rings. The Kier molecular flexibility index (Phi) is 5.31. The Labute approximate surface area is 87.6 Å². The minimum absolute atomic E-state index is 0.685. The third kappa shape index (κ3) is 3.51. The zero-order chi connectivity index (χ0) is 10.2. The SMILES string of the molecule is C=CCC1=CC=CC1CCCCNC. The van der Waals surface area contributed by atoms with Crippen molar-refractivity contribution < 1.29 is 0 Å². The lowest BCUT2D eigenvalue weighted by atomic mass is 9.94. The van der Waals surface area contributed by atoms with E-state index in [4.69, 9.17) is 0 Å². The van der Waals surface area contributed by atoms with Gasteiger partial charge < -0.3 is 5.32 Å². The lowest BCUT2D eigenvalue weighted by molar-refractivity contribution is 0.582. The summed E-state index contributed by atoms with van der Waals surface area (Å²) in [6.45, 7) is 4.93. The fourth-order valence-electron chi connectivity index (χ4n) is 1.89. The molecule has 0 aliphatic heterocycles. The lowest BCUT2D eigenvalue weighted by Crippen LogP contribution is -2.08. The molecule has 1 N–H and O–H groups in total. The normalized spacial score (nSPS) is 19.8. The number of nitrogens with one attached hydrogen (secondary N) is 1. The molecule has 1 atom stereocenters. The van der Waals surface area contributed by atoms with E-state index in [1.807, 2.05) is 13.1 Å². The van der Waals surface area contributed by atoms with Crippen LogP contribution in [0, 0.1) is 5.92 Å². The molecule has 14 heavy (non-hydrogen) atoms. The van der Waals surface area contributed by atoms with Crippen molar-refractivity contribution in [1.82, 2.24) is 5.32 Å². The van der Waals surface area contributed by atoms with Gasteiger partial charge in [0.1, 0.15) is 0 Å². The van der Waals surface area contributed by atoms with Gasteiger partial charge in [-0.3, -0.25) is 0 Å². The molecular weight excluding hydrogens is 170 g/mol. The van der Waals surface area contributed by atoms with Gasteiger partial charge in [0.15, 0.2) is 0 Å². The molecule has 1 aliphatic carbocycles. The van der Waals surface area contributed by atoms with Gasteiger partial charge in [-0.25, -0.2) is 0 Å². The second kappa shape index (κ2) is 6.61. The lowest BCUT2D eigenvalue weighted by Gasteiger charge is -2.11. The molecule has 0 aromatic heterocycles. The molecule has 78 valence electrons. The third-order valence-electron chi connectivity index (χ3n) is 2.70. The summed E-state index contributed by atoms with van der Waals surface area (Å²) in [5.41, 5.74) is 1.53. The van der Waals surface area contributed by atoms with Gasteiger partial charge >= 0.3 is 0 Å². The van der Waals surface area contributed by atoms with Crippen LogP contribution in [0.25, 0.3) is 0 Å². The number of allylic oxidation sites excluding steroid dienone is 5. The number of rotatable bonds is 7. The van der Waals surface area contributed by atoms with Gasteiger partial charge in [-0.2, -0.15) is 0 Å². The predicted molar refractivity (Wildman–Crippen MR) is 63.3 cm³/mol. The summed E-state index contributed by atoms with van der Waals surface area (Å²) in [4.78, 5) is 0. The van der Waals surface area contributed by atoms with Crippen molar-refractivity contribution in [3.63, 3.8) is 0 Å². The summed E-state index contributed by atoms with van der Waals surface area (Å²) >= 11 is 0. The van der Waals surface area contributed by atoms with Crippen LogP contribution in [0.1, 0.15) is 25.7 Å². The highest BCUT2D eigenvalue weighted by molar-refractivity contribution is 5.28. The molecule has 0 spiro atoms. The van der Waals surface area contributed by atoms with Gasteiger partial charge in [0.05, 0.1) is 0 Å². The summed E-state index contributed by atoms with van der Waals surface area (Å²) in [5, 5.41) is 3.18. The summed E-state index contributed by atoms with van der Waals surface area (Å²) in [7, 11) is 2.01. The van der Waals surface area contributed by atoms with E-state index in [0.717, 1.165) is 13.0 Å². The topological polar surface area (TPSA) is 12.0 Å². The summed E-state index contributed by atoms with van der Waals surface area (Å²) in [6, 6.07) is 0. The van der Waals surface area contributed by atoms with Crippen molar-refractivity contribution in [2.24, 2.45) is 5.92 Å². The average Bonchev–Trinajstić information content (AvgIpc) is 2.61.